The van der Waals surface area contributed by atoms with Gasteiger partial charge in [-0.15, -0.1) is 0 Å². The summed E-state index contributed by atoms with van der Waals surface area (Å²) in [4.78, 5) is 37.8. The molecule has 1 atom stereocenters. The molecule has 0 aromatic rings. The van der Waals surface area contributed by atoms with E-state index in [4.69, 9.17) is 14.2 Å². The molecule has 6 nitrogen and oxygen atoms in total. The summed E-state index contributed by atoms with van der Waals surface area (Å²) in [7, 11) is 0. The van der Waals surface area contributed by atoms with Gasteiger partial charge in [0.25, 0.3) is 0 Å². The number of hydrogen-bond donors (Lipinski definition) is 0. The number of rotatable bonds is 39. The van der Waals surface area contributed by atoms with E-state index in [0.29, 0.717) is 19.3 Å². The maximum Gasteiger partial charge on any atom is 0.306 e. The highest BCUT2D eigenvalue weighted by Gasteiger charge is 2.19. The van der Waals surface area contributed by atoms with Gasteiger partial charge in [-0.2, -0.15) is 0 Å². The molecule has 0 rings (SSSR count). The fourth-order valence-corrected chi connectivity index (χ4v) is 5.78. The average molecular weight is 815 g/mol. The lowest BCUT2D eigenvalue weighted by Crippen LogP contribution is -2.30. The Kier molecular flexibility index (Phi) is 43.2. The van der Waals surface area contributed by atoms with E-state index in [2.05, 4.69) is 45.1 Å². The predicted molar refractivity (Wildman–Crippen MR) is 251 cm³/mol. The molecule has 0 radical (unpaired) electrons. The third kappa shape index (κ3) is 44.8. The van der Waals surface area contributed by atoms with Crippen LogP contribution in [0.15, 0.2) is 122 Å². The van der Waals surface area contributed by atoms with Crippen LogP contribution in [0.25, 0.3) is 0 Å². The average Bonchev–Trinajstić information content (AvgIpc) is 3.23. The van der Waals surface area contributed by atoms with E-state index < -0.39 is 6.10 Å². The lowest BCUT2D eigenvalue weighted by molar-refractivity contribution is -0.167. The summed E-state index contributed by atoms with van der Waals surface area (Å²) >= 11 is 0. The zero-order valence-electron chi connectivity index (χ0n) is 37.5. The highest BCUT2D eigenvalue weighted by molar-refractivity contribution is 5.71. The number of allylic oxidation sites excluding steroid dienone is 20. The van der Waals surface area contributed by atoms with Crippen LogP contribution in [0.1, 0.15) is 175 Å². The first-order valence-corrected chi connectivity index (χ1v) is 23.2. The van der Waals surface area contributed by atoms with Gasteiger partial charge < -0.3 is 14.2 Å². The van der Waals surface area contributed by atoms with Crippen molar-refractivity contribution in [2.75, 3.05) is 13.2 Å². The van der Waals surface area contributed by atoms with E-state index in [0.717, 1.165) is 77.0 Å². The monoisotopic (exact) mass is 815 g/mol. The Bertz CT molecular complexity index is 1300. The number of unbranched alkanes of at least 4 members (excludes halogenated alkanes) is 16. The van der Waals surface area contributed by atoms with E-state index in [1.165, 1.54) is 51.4 Å². The summed E-state index contributed by atoms with van der Waals surface area (Å²) in [5, 5.41) is 0. The summed E-state index contributed by atoms with van der Waals surface area (Å²) in [6.45, 7) is 6.24. The Morgan fingerprint density at radius 3 is 1.03 bits per heavy atom. The summed E-state index contributed by atoms with van der Waals surface area (Å²) < 4.78 is 16.6. The topological polar surface area (TPSA) is 78.9 Å². The standard InChI is InChI=1S/C53H82O6/c1-4-7-10-13-16-19-22-24-25-26-27-29-31-34-37-40-43-46-52(55)58-49-50(48-57-51(54)45-42-39-36-33-30-21-18-15-12-9-6-3)59-53(56)47-44-41-38-35-32-28-23-20-17-14-11-8-5-2/h7-8,10-11,13-14,16-17,19-20,22-29,31-32,50H,4-6,9,12,15,18,21,30,33-49H2,1-3H3/b10-7-,11-8-,16-13-,17-14-,22-19-,23-20-,25-24-,27-26+,31-29-,32-28-. The van der Waals surface area contributed by atoms with Crippen molar-refractivity contribution in [3.05, 3.63) is 122 Å². The molecule has 59 heavy (non-hydrogen) atoms. The summed E-state index contributed by atoms with van der Waals surface area (Å²) in [6.07, 6.45) is 63.2. The molecule has 0 saturated carbocycles. The van der Waals surface area contributed by atoms with Crippen molar-refractivity contribution < 1.29 is 28.6 Å². The van der Waals surface area contributed by atoms with Gasteiger partial charge in [-0.25, -0.2) is 0 Å². The second-order valence-electron chi connectivity index (χ2n) is 14.8. The number of hydrogen-bond acceptors (Lipinski definition) is 6. The number of ether oxygens (including phenoxy) is 3. The lowest BCUT2D eigenvalue weighted by Gasteiger charge is -2.18. The third-order valence-electron chi connectivity index (χ3n) is 9.22. The molecule has 0 saturated heterocycles. The van der Waals surface area contributed by atoms with Crippen LogP contribution in [-0.4, -0.2) is 37.2 Å². The largest absolute Gasteiger partial charge is 0.462 e. The van der Waals surface area contributed by atoms with E-state index in [-0.39, 0.29) is 37.5 Å². The number of carbonyl (C=O) groups excluding carboxylic acids is 3. The van der Waals surface area contributed by atoms with E-state index in [9.17, 15) is 14.4 Å². The van der Waals surface area contributed by atoms with E-state index in [1.807, 2.05) is 97.2 Å². The Balaban J connectivity index is 4.56. The van der Waals surface area contributed by atoms with Crippen molar-refractivity contribution in [2.24, 2.45) is 0 Å². The van der Waals surface area contributed by atoms with E-state index >= 15 is 0 Å². The van der Waals surface area contributed by atoms with Crippen molar-refractivity contribution in [2.45, 2.75) is 181 Å². The Morgan fingerprint density at radius 2 is 0.661 bits per heavy atom. The first-order valence-electron chi connectivity index (χ1n) is 23.2. The lowest BCUT2D eigenvalue weighted by atomic mass is 10.1. The van der Waals surface area contributed by atoms with Gasteiger partial charge in [-0.05, 0) is 57.8 Å². The maximum absolute atomic E-state index is 12.7. The molecular formula is C53H82O6. The molecule has 0 amide bonds. The zero-order valence-corrected chi connectivity index (χ0v) is 37.5. The molecule has 0 heterocycles. The van der Waals surface area contributed by atoms with Crippen molar-refractivity contribution in [3.8, 4) is 0 Å². The Hall–Kier alpha value is -4.19. The first kappa shape index (κ1) is 54.8. The number of carbonyl (C=O) groups is 3. The number of esters is 3. The van der Waals surface area contributed by atoms with Gasteiger partial charge in [0.15, 0.2) is 6.10 Å². The van der Waals surface area contributed by atoms with Crippen molar-refractivity contribution in [3.63, 3.8) is 0 Å². The molecule has 330 valence electrons. The fourth-order valence-electron chi connectivity index (χ4n) is 5.78. The van der Waals surface area contributed by atoms with Gasteiger partial charge >= 0.3 is 17.9 Å². The first-order chi connectivity index (χ1) is 29.0. The molecule has 0 fully saturated rings. The van der Waals surface area contributed by atoms with Crippen LogP contribution < -0.4 is 0 Å². The molecule has 0 bridgehead atoms. The molecule has 0 aromatic heterocycles. The molecule has 0 aliphatic carbocycles. The van der Waals surface area contributed by atoms with Gasteiger partial charge in [-0.1, -0.05) is 219 Å². The van der Waals surface area contributed by atoms with Gasteiger partial charge in [0, 0.05) is 19.3 Å². The fraction of sp³-hybridized carbons (Fsp3) is 0.566. The van der Waals surface area contributed by atoms with Crippen molar-refractivity contribution in [1.82, 2.24) is 0 Å². The third-order valence-corrected chi connectivity index (χ3v) is 9.22. The van der Waals surface area contributed by atoms with Gasteiger partial charge in [-0.3, -0.25) is 14.4 Å². The van der Waals surface area contributed by atoms with Gasteiger partial charge in [0.1, 0.15) is 13.2 Å². The van der Waals surface area contributed by atoms with Crippen LogP contribution in [0.2, 0.25) is 0 Å². The van der Waals surface area contributed by atoms with Crippen LogP contribution >= 0.6 is 0 Å². The minimum atomic E-state index is -0.817. The van der Waals surface area contributed by atoms with E-state index in [1.54, 1.807) is 0 Å². The van der Waals surface area contributed by atoms with Crippen LogP contribution in [-0.2, 0) is 28.6 Å². The van der Waals surface area contributed by atoms with Crippen LogP contribution in [0.5, 0.6) is 0 Å². The van der Waals surface area contributed by atoms with Crippen molar-refractivity contribution >= 4 is 17.9 Å². The molecule has 6 heteroatoms. The normalized spacial score (nSPS) is 13.2. The van der Waals surface area contributed by atoms with Gasteiger partial charge in [0.2, 0.25) is 0 Å². The predicted octanol–water partition coefficient (Wildman–Crippen LogP) is 15.0. The van der Waals surface area contributed by atoms with Crippen LogP contribution in [0.4, 0.5) is 0 Å². The summed E-state index contributed by atoms with van der Waals surface area (Å²) in [5.74, 6) is -1.01. The van der Waals surface area contributed by atoms with Crippen molar-refractivity contribution in [1.29, 1.82) is 0 Å². The highest BCUT2D eigenvalue weighted by Crippen LogP contribution is 2.13. The van der Waals surface area contributed by atoms with Crippen LogP contribution in [0, 0.1) is 0 Å². The Morgan fingerprint density at radius 1 is 0.356 bits per heavy atom. The maximum atomic E-state index is 12.7. The minimum absolute atomic E-state index is 0.111. The Labute approximate surface area is 361 Å². The SMILES string of the molecule is CC\C=C/C=C\C=C/C=C\C=C\C=C/CCCCCC(=O)OCC(COC(=O)CCCCCCCCCCCCC)OC(=O)CCCCC\C=C/C=C\C=C/C=C\CC. The van der Waals surface area contributed by atoms with Gasteiger partial charge in [0.05, 0.1) is 0 Å². The molecule has 0 aliphatic heterocycles. The highest BCUT2D eigenvalue weighted by atomic mass is 16.6. The molecule has 0 spiro atoms. The second-order valence-corrected chi connectivity index (χ2v) is 14.8. The molecule has 0 N–H and O–H groups in total. The second kappa shape index (κ2) is 46.5. The smallest absolute Gasteiger partial charge is 0.306 e. The molecular weight excluding hydrogens is 733 g/mol. The quantitative estimate of drug-likeness (QED) is 0.0266. The molecule has 1 unspecified atom stereocenters. The molecule has 0 aromatic carbocycles. The molecule has 0 aliphatic rings. The summed E-state index contributed by atoms with van der Waals surface area (Å²) in [6, 6.07) is 0. The van der Waals surface area contributed by atoms with Crippen LogP contribution in [0.3, 0.4) is 0 Å². The summed E-state index contributed by atoms with van der Waals surface area (Å²) in [5.41, 5.74) is 0. The zero-order chi connectivity index (χ0) is 43.0. The minimum Gasteiger partial charge on any atom is -0.462 e.